The highest BCUT2D eigenvalue weighted by Crippen LogP contribution is 2.09. The number of hydrogen-bond donors (Lipinski definition) is 1. The van der Waals surface area contributed by atoms with Crippen LogP contribution in [-0.4, -0.2) is 18.2 Å². The van der Waals surface area contributed by atoms with E-state index in [-0.39, 0.29) is 5.75 Å². The topological polar surface area (TPSA) is 46.5 Å². The molecule has 0 bridgehead atoms. The number of rotatable bonds is 1. The van der Waals surface area contributed by atoms with Crippen LogP contribution >= 0.6 is 0 Å². The molecule has 0 fully saturated rings. The molecule has 1 N–H and O–H groups in total. The minimum Gasteiger partial charge on any atom is -0.508 e. The fourth-order valence-corrected chi connectivity index (χ4v) is 0.715. The minimum atomic E-state index is -0.398. The molecule has 0 radical (unpaired) electrons. The van der Waals surface area contributed by atoms with Crippen LogP contribution in [0, 0.1) is 0 Å². The Morgan fingerprint density at radius 3 is 2.07 bits per heavy atom. The third-order valence-corrected chi connectivity index (χ3v) is 1.29. The predicted octanol–water partition coefficient (Wildman–Crippen LogP) is 2.60. The zero-order chi connectivity index (χ0) is 11.0. The van der Waals surface area contributed by atoms with Crippen LogP contribution < -0.4 is 0 Å². The predicted molar refractivity (Wildman–Crippen MR) is 55.4 cm³/mol. The van der Waals surface area contributed by atoms with E-state index in [1.807, 2.05) is 0 Å². The van der Waals surface area contributed by atoms with Crippen LogP contribution in [0.25, 0.3) is 0 Å². The monoisotopic (exact) mass is 196 g/mol. The first kappa shape index (κ1) is 12.5. The molecule has 0 aliphatic carbocycles. The third-order valence-electron chi connectivity index (χ3n) is 1.29. The van der Waals surface area contributed by atoms with E-state index >= 15 is 0 Å². The molecule has 0 amide bonds. The maximum Gasteiger partial charge on any atom is 0.337 e. The van der Waals surface area contributed by atoms with E-state index in [0.717, 1.165) is 0 Å². The first-order valence-corrected chi connectivity index (χ1v) is 4.53. The molecule has 3 nitrogen and oxygen atoms in total. The molecule has 0 aliphatic rings. The molecular weight excluding hydrogens is 180 g/mol. The Morgan fingerprint density at radius 2 is 1.71 bits per heavy atom. The average Bonchev–Trinajstić information content (AvgIpc) is 2.19. The number of carbonyl (C=O) groups excluding carboxylic acids is 1. The Bertz CT molecular complexity index is 264. The van der Waals surface area contributed by atoms with Gasteiger partial charge in [0.05, 0.1) is 12.7 Å². The van der Waals surface area contributed by atoms with E-state index < -0.39 is 5.97 Å². The second kappa shape index (κ2) is 6.95. The zero-order valence-corrected chi connectivity index (χ0v) is 8.78. The van der Waals surface area contributed by atoms with Gasteiger partial charge < -0.3 is 9.84 Å². The number of esters is 1. The van der Waals surface area contributed by atoms with Gasteiger partial charge in [0.1, 0.15) is 5.75 Å². The van der Waals surface area contributed by atoms with Crippen LogP contribution in [0.15, 0.2) is 24.3 Å². The summed E-state index contributed by atoms with van der Waals surface area (Å²) in [5, 5.41) is 8.86. The summed E-state index contributed by atoms with van der Waals surface area (Å²) in [6.45, 7) is 4.25. The van der Waals surface area contributed by atoms with Crippen LogP contribution in [0.5, 0.6) is 5.75 Å². The maximum atomic E-state index is 10.8. The van der Waals surface area contributed by atoms with Gasteiger partial charge in [-0.05, 0) is 24.3 Å². The number of hydrogen-bond acceptors (Lipinski definition) is 3. The van der Waals surface area contributed by atoms with Gasteiger partial charge in [-0.3, -0.25) is 0 Å². The minimum absolute atomic E-state index is 0.137. The van der Waals surface area contributed by atoms with Gasteiger partial charge in [-0.1, -0.05) is 20.3 Å². The quantitative estimate of drug-likeness (QED) is 0.702. The van der Waals surface area contributed by atoms with Gasteiger partial charge in [-0.2, -0.15) is 0 Å². The Hall–Kier alpha value is -1.51. The molecule has 0 saturated carbocycles. The van der Waals surface area contributed by atoms with Crippen molar-refractivity contribution in [1.29, 1.82) is 0 Å². The highest BCUT2D eigenvalue weighted by Gasteiger charge is 2.02. The molecule has 1 aromatic carbocycles. The van der Waals surface area contributed by atoms with Crippen molar-refractivity contribution in [1.82, 2.24) is 0 Å². The van der Waals surface area contributed by atoms with Crippen molar-refractivity contribution < 1.29 is 14.6 Å². The average molecular weight is 196 g/mol. The summed E-state index contributed by atoms with van der Waals surface area (Å²) < 4.78 is 4.46. The van der Waals surface area contributed by atoms with Gasteiger partial charge in [-0.15, -0.1) is 0 Å². The molecule has 78 valence electrons. The van der Waals surface area contributed by atoms with Crippen molar-refractivity contribution in [3.8, 4) is 5.75 Å². The van der Waals surface area contributed by atoms with Gasteiger partial charge in [0, 0.05) is 0 Å². The van der Waals surface area contributed by atoms with Gasteiger partial charge in [0.25, 0.3) is 0 Å². The highest BCUT2D eigenvalue weighted by molar-refractivity contribution is 5.89. The van der Waals surface area contributed by atoms with E-state index in [1.54, 1.807) is 0 Å². The van der Waals surface area contributed by atoms with Crippen molar-refractivity contribution in [2.24, 2.45) is 0 Å². The maximum absolute atomic E-state index is 10.8. The van der Waals surface area contributed by atoms with Crippen LogP contribution in [0.1, 0.15) is 30.6 Å². The lowest BCUT2D eigenvalue weighted by molar-refractivity contribution is 0.0601. The smallest absolute Gasteiger partial charge is 0.337 e. The lowest BCUT2D eigenvalue weighted by atomic mass is 10.2. The lowest BCUT2D eigenvalue weighted by Gasteiger charge is -1.97. The summed E-state index contributed by atoms with van der Waals surface area (Å²) in [6, 6.07) is 5.88. The van der Waals surface area contributed by atoms with Crippen LogP contribution in [0.2, 0.25) is 0 Å². The van der Waals surface area contributed by atoms with Crippen molar-refractivity contribution in [3.05, 3.63) is 29.8 Å². The number of phenols is 1. The lowest BCUT2D eigenvalue weighted by Crippen LogP contribution is -1.99. The first-order valence-electron chi connectivity index (χ1n) is 4.53. The molecule has 1 aromatic rings. The van der Waals surface area contributed by atoms with Gasteiger partial charge in [0.2, 0.25) is 0 Å². The number of aromatic hydroxyl groups is 1. The molecule has 0 aliphatic heterocycles. The Kier molecular flexibility index (Phi) is 6.20. The van der Waals surface area contributed by atoms with E-state index in [9.17, 15) is 4.79 Å². The number of carbonyl (C=O) groups is 1. The Morgan fingerprint density at radius 1 is 1.29 bits per heavy atom. The molecule has 3 heteroatoms. The molecule has 0 saturated heterocycles. The van der Waals surface area contributed by atoms with Crippen molar-refractivity contribution in [3.63, 3.8) is 0 Å². The van der Waals surface area contributed by atoms with Crippen molar-refractivity contribution in [2.45, 2.75) is 20.3 Å². The second-order valence-electron chi connectivity index (χ2n) is 2.75. The first-order chi connectivity index (χ1) is 6.65. The van der Waals surface area contributed by atoms with Crippen molar-refractivity contribution in [2.75, 3.05) is 7.11 Å². The van der Waals surface area contributed by atoms with E-state index in [1.165, 1.54) is 37.8 Å². The molecule has 0 spiro atoms. The number of phenolic OH excluding ortho intramolecular Hbond substituents is 1. The molecule has 0 aromatic heterocycles. The summed E-state index contributed by atoms with van der Waals surface area (Å²) in [6.07, 6.45) is 1.25. The molecule has 1 rings (SSSR count). The fourth-order valence-electron chi connectivity index (χ4n) is 0.715. The van der Waals surface area contributed by atoms with Crippen molar-refractivity contribution >= 4 is 5.97 Å². The number of benzene rings is 1. The summed E-state index contributed by atoms with van der Waals surface area (Å²) in [7, 11) is 1.31. The van der Waals surface area contributed by atoms with E-state index in [4.69, 9.17) is 5.11 Å². The van der Waals surface area contributed by atoms with Gasteiger partial charge in [-0.25, -0.2) is 4.79 Å². The zero-order valence-electron chi connectivity index (χ0n) is 8.78. The van der Waals surface area contributed by atoms with Crippen LogP contribution in [-0.2, 0) is 4.74 Å². The van der Waals surface area contributed by atoms with E-state index in [2.05, 4.69) is 18.6 Å². The molecule has 0 heterocycles. The second-order valence-corrected chi connectivity index (χ2v) is 2.75. The summed E-state index contributed by atoms with van der Waals surface area (Å²) in [5.74, 6) is -0.261. The summed E-state index contributed by atoms with van der Waals surface area (Å²) in [5.41, 5.74) is 0.435. The summed E-state index contributed by atoms with van der Waals surface area (Å²) in [4.78, 5) is 10.8. The molecule has 14 heavy (non-hydrogen) atoms. The summed E-state index contributed by atoms with van der Waals surface area (Å²) >= 11 is 0. The van der Waals surface area contributed by atoms with Crippen LogP contribution in [0.4, 0.5) is 0 Å². The van der Waals surface area contributed by atoms with E-state index in [0.29, 0.717) is 5.56 Å². The molecular formula is C11H16O3. The standard InChI is InChI=1S/C8H8O3.C3H8/c1-11-8(10)6-2-4-7(9)5-3-6;1-3-2/h2-5,9H,1H3;3H2,1-2H3. The Balaban J connectivity index is 0.000000500. The normalized spacial score (nSPS) is 8.50. The SMILES string of the molecule is CCC.COC(=O)c1ccc(O)cc1. The molecule has 0 unspecified atom stereocenters. The fraction of sp³-hybridized carbons (Fsp3) is 0.364. The number of methoxy groups -OCH3 is 1. The Labute approximate surface area is 84.3 Å². The largest absolute Gasteiger partial charge is 0.508 e. The van der Waals surface area contributed by atoms with Crippen LogP contribution in [0.3, 0.4) is 0 Å². The number of ether oxygens (including phenoxy) is 1. The molecule has 0 atom stereocenters. The third kappa shape index (κ3) is 4.50. The highest BCUT2D eigenvalue weighted by atomic mass is 16.5. The van der Waals surface area contributed by atoms with Gasteiger partial charge in [0.15, 0.2) is 0 Å². The van der Waals surface area contributed by atoms with Gasteiger partial charge >= 0.3 is 5.97 Å².